The molecule has 0 saturated carbocycles. The lowest BCUT2D eigenvalue weighted by Gasteiger charge is -2.21. The summed E-state index contributed by atoms with van der Waals surface area (Å²) in [5.74, 6) is 0. The summed E-state index contributed by atoms with van der Waals surface area (Å²) in [6.45, 7) is 5.87. The SMILES string of the molecule is CC(C)(C)NC(=O)Nc1ccccc1Sc1ccccc1. The highest BCUT2D eigenvalue weighted by atomic mass is 32.2. The van der Waals surface area contributed by atoms with E-state index in [1.165, 1.54) is 0 Å². The third-order valence-electron chi connectivity index (χ3n) is 2.59. The van der Waals surface area contributed by atoms with E-state index in [1.807, 2.05) is 63.2 Å². The first-order chi connectivity index (χ1) is 9.94. The van der Waals surface area contributed by atoms with Gasteiger partial charge in [-0.2, -0.15) is 0 Å². The van der Waals surface area contributed by atoms with Crippen LogP contribution in [0.4, 0.5) is 10.5 Å². The number of para-hydroxylation sites is 1. The Balaban J connectivity index is 2.12. The number of carbonyl (C=O) groups is 1. The zero-order chi connectivity index (χ0) is 15.3. The van der Waals surface area contributed by atoms with Crippen LogP contribution in [0.2, 0.25) is 0 Å². The van der Waals surface area contributed by atoms with Gasteiger partial charge in [-0.1, -0.05) is 42.1 Å². The minimum atomic E-state index is -0.258. The van der Waals surface area contributed by atoms with Crippen LogP contribution in [0.15, 0.2) is 64.4 Å². The normalized spacial score (nSPS) is 11.0. The summed E-state index contributed by atoms with van der Waals surface area (Å²) >= 11 is 1.63. The molecule has 21 heavy (non-hydrogen) atoms. The Hall–Kier alpha value is -1.94. The van der Waals surface area contributed by atoms with Gasteiger partial charge in [0.1, 0.15) is 0 Å². The van der Waals surface area contributed by atoms with Gasteiger partial charge in [0.2, 0.25) is 0 Å². The average Bonchev–Trinajstić information content (AvgIpc) is 2.40. The Morgan fingerprint density at radius 3 is 2.24 bits per heavy atom. The summed E-state index contributed by atoms with van der Waals surface area (Å²) in [4.78, 5) is 14.2. The van der Waals surface area contributed by atoms with E-state index < -0.39 is 0 Å². The second-order valence-corrected chi connectivity index (χ2v) is 6.86. The van der Waals surface area contributed by atoms with Crippen molar-refractivity contribution < 1.29 is 4.79 Å². The van der Waals surface area contributed by atoms with Crippen LogP contribution in [-0.4, -0.2) is 11.6 Å². The van der Waals surface area contributed by atoms with Crippen LogP contribution in [0.25, 0.3) is 0 Å². The molecule has 4 heteroatoms. The zero-order valence-corrected chi connectivity index (χ0v) is 13.3. The maximum absolute atomic E-state index is 12.0. The van der Waals surface area contributed by atoms with Crippen molar-refractivity contribution >= 4 is 23.5 Å². The number of carbonyl (C=O) groups excluding carboxylic acids is 1. The molecule has 0 heterocycles. The molecule has 0 radical (unpaired) electrons. The third-order valence-corrected chi connectivity index (χ3v) is 3.68. The molecule has 110 valence electrons. The van der Waals surface area contributed by atoms with Crippen molar-refractivity contribution in [2.75, 3.05) is 5.32 Å². The number of hydrogen-bond donors (Lipinski definition) is 2. The standard InChI is InChI=1S/C17H20N2OS/c1-17(2,3)19-16(20)18-14-11-7-8-12-15(14)21-13-9-5-4-6-10-13/h4-12H,1-3H3,(H2,18,19,20). The van der Waals surface area contributed by atoms with E-state index in [2.05, 4.69) is 22.8 Å². The second kappa shape index (κ2) is 6.68. The molecule has 0 unspecified atom stereocenters. The molecule has 2 rings (SSSR count). The Morgan fingerprint density at radius 1 is 0.952 bits per heavy atom. The first kappa shape index (κ1) is 15.4. The summed E-state index contributed by atoms with van der Waals surface area (Å²) in [6, 6.07) is 17.7. The lowest BCUT2D eigenvalue weighted by Crippen LogP contribution is -2.43. The predicted molar refractivity (Wildman–Crippen MR) is 88.9 cm³/mol. The van der Waals surface area contributed by atoms with E-state index >= 15 is 0 Å². The van der Waals surface area contributed by atoms with Crippen molar-refractivity contribution in [3.8, 4) is 0 Å². The fourth-order valence-corrected chi connectivity index (χ4v) is 2.69. The van der Waals surface area contributed by atoms with Gasteiger partial charge in [-0.3, -0.25) is 0 Å². The lowest BCUT2D eigenvalue weighted by molar-refractivity contribution is 0.243. The first-order valence-electron chi connectivity index (χ1n) is 6.85. The average molecular weight is 300 g/mol. The summed E-state index contributed by atoms with van der Waals surface area (Å²) < 4.78 is 0. The molecular formula is C17H20N2OS. The first-order valence-corrected chi connectivity index (χ1v) is 7.67. The van der Waals surface area contributed by atoms with Crippen molar-refractivity contribution in [1.82, 2.24) is 5.32 Å². The topological polar surface area (TPSA) is 41.1 Å². The third kappa shape index (κ3) is 5.16. The van der Waals surface area contributed by atoms with Crippen molar-refractivity contribution in [1.29, 1.82) is 0 Å². The molecule has 2 amide bonds. The monoisotopic (exact) mass is 300 g/mol. The number of hydrogen-bond acceptors (Lipinski definition) is 2. The Labute approximate surface area is 130 Å². The highest BCUT2D eigenvalue weighted by Crippen LogP contribution is 2.33. The number of benzene rings is 2. The summed E-state index contributed by atoms with van der Waals surface area (Å²) in [6.07, 6.45) is 0. The molecule has 2 aromatic carbocycles. The minimum Gasteiger partial charge on any atom is -0.333 e. The van der Waals surface area contributed by atoms with Gasteiger partial charge in [0, 0.05) is 15.3 Å². The highest BCUT2D eigenvalue weighted by molar-refractivity contribution is 7.99. The molecule has 0 aliphatic carbocycles. The Kier molecular flexibility index (Phi) is 4.91. The van der Waals surface area contributed by atoms with E-state index in [0.717, 1.165) is 15.5 Å². The molecule has 2 aromatic rings. The van der Waals surface area contributed by atoms with Gasteiger partial charge in [-0.25, -0.2) is 4.79 Å². The summed E-state index contributed by atoms with van der Waals surface area (Å²) in [5, 5.41) is 5.82. The molecule has 3 nitrogen and oxygen atoms in total. The molecule has 0 spiro atoms. The quantitative estimate of drug-likeness (QED) is 0.858. The molecular weight excluding hydrogens is 280 g/mol. The number of nitrogens with one attached hydrogen (secondary N) is 2. The molecule has 0 aliphatic heterocycles. The number of anilines is 1. The molecule has 0 atom stereocenters. The van der Waals surface area contributed by atoms with Gasteiger partial charge in [-0.05, 0) is 45.0 Å². The number of amides is 2. The van der Waals surface area contributed by atoms with E-state index in [-0.39, 0.29) is 11.6 Å². The Bertz CT molecular complexity index is 606. The van der Waals surface area contributed by atoms with Gasteiger partial charge in [-0.15, -0.1) is 0 Å². The van der Waals surface area contributed by atoms with Gasteiger partial charge < -0.3 is 10.6 Å². The summed E-state index contributed by atoms with van der Waals surface area (Å²) in [5.41, 5.74) is 0.555. The largest absolute Gasteiger partial charge is 0.333 e. The van der Waals surface area contributed by atoms with Crippen LogP contribution < -0.4 is 10.6 Å². The fraction of sp³-hybridized carbons (Fsp3) is 0.235. The van der Waals surface area contributed by atoms with Crippen molar-refractivity contribution in [3.05, 3.63) is 54.6 Å². The fourth-order valence-electron chi connectivity index (χ4n) is 1.77. The molecule has 0 bridgehead atoms. The van der Waals surface area contributed by atoms with Crippen molar-refractivity contribution in [3.63, 3.8) is 0 Å². The van der Waals surface area contributed by atoms with Crippen molar-refractivity contribution in [2.24, 2.45) is 0 Å². The number of rotatable bonds is 3. The molecule has 0 aromatic heterocycles. The Morgan fingerprint density at radius 2 is 1.57 bits per heavy atom. The van der Waals surface area contributed by atoms with Gasteiger partial charge in [0.15, 0.2) is 0 Å². The van der Waals surface area contributed by atoms with Crippen LogP contribution in [0.3, 0.4) is 0 Å². The lowest BCUT2D eigenvalue weighted by atomic mass is 10.1. The van der Waals surface area contributed by atoms with Gasteiger partial charge in [0.05, 0.1) is 5.69 Å². The zero-order valence-electron chi connectivity index (χ0n) is 12.5. The van der Waals surface area contributed by atoms with Crippen LogP contribution in [0.5, 0.6) is 0 Å². The van der Waals surface area contributed by atoms with E-state index in [4.69, 9.17) is 0 Å². The number of urea groups is 1. The summed E-state index contributed by atoms with van der Waals surface area (Å²) in [7, 11) is 0. The van der Waals surface area contributed by atoms with Crippen LogP contribution in [0, 0.1) is 0 Å². The van der Waals surface area contributed by atoms with Gasteiger partial charge in [0.25, 0.3) is 0 Å². The van der Waals surface area contributed by atoms with E-state index in [1.54, 1.807) is 11.8 Å². The highest BCUT2D eigenvalue weighted by Gasteiger charge is 2.14. The van der Waals surface area contributed by atoms with E-state index in [0.29, 0.717) is 0 Å². The van der Waals surface area contributed by atoms with Crippen LogP contribution in [0.1, 0.15) is 20.8 Å². The van der Waals surface area contributed by atoms with Crippen LogP contribution >= 0.6 is 11.8 Å². The predicted octanol–water partition coefficient (Wildman–Crippen LogP) is 4.76. The van der Waals surface area contributed by atoms with Gasteiger partial charge >= 0.3 is 6.03 Å². The van der Waals surface area contributed by atoms with E-state index in [9.17, 15) is 4.79 Å². The van der Waals surface area contributed by atoms with Crippen molar-refractivity contribution in [2.45, 2.75) is 36.1 Å². The second-order valence-electron chi connectivity index (χ2n) is 5.74. The smallest absolute Gasteiger partial charge is 0.319 e. The maximum atomic E-state index is 12.0. The minimum absolute atomic E-state index is 0.191. The molecule has 2 N–H and O–H groups in total. The molecule has 0 aliphatic rings. The van der Waals surface area contributed by atoms with Crippen LogP contribution in [-0.2, 0) is 0 Å². The maximum Gasteiger partial charge on any atom is 0.319 e. The molecule has 0 fully saturated rings. The molecule has 0 saturated heterocycles.